The fourth-order valence-corrected chi connectivity index (χ4v) is 0.998. The molecule has 0 aliphatic heterocycles. The van der Waals surface area contributed by atoms with Crippen molar-refractivity contribution in [1.82, 2.24) is 5.48 Å². The maximum absolute atomic E-state index is 11.1. The van der Waals surface area contributed by atoms with Gasteiger partial charge in [-0.3, -0.25) is 0 Å². The van der Waals surface area contributed by atoms with Crippen LogP contribution in [0.3, 0.4) is 0 Å². The van der Waals surface area contributed by atoms with Crippen molar-refractivity contribution < 1.29 is 26.5 Å². The van der Waals surface area contributed by atoms with Gasteiger partial charge < -0.3 is 21.7 Å². The summed E-state index contributed by atoms with van der Waals surface area (Å²) in [4.78, 5) is 16.0. The van der Waals surface area contributed by atoms with Crippen molar-refractivity contribution in [3.05, 3.63) is 12.2 Å². The van der Waals surface area contributed by atoms with E-state index in [4.69, 9.17) is 4.84 Å². The first-order chi connectivity index (χ1) is 6.29. The van der Waals surface area contributed by atoms with Gasteiger partial charge in [0.25, 0.3) is 0 Å². The zero-order chi connectivity index (χ0) is 11.4. The molecule has 0 rings (SSSR count). The van der Waals surface area contributed by atoms with Gasteiger partial charge in [0, 0.05) is 12.0 Å². The van der Waals surface area contributed by atoms with E-state index in [2.05, 4.69) is 12.1 Å². The van der Waals surface area contributed by atoms with Gasteiger partial charge in [0.15, 0.2) is 6.17 Å². The maximum atomic E-state index is 11.1. The van der Waals surface area contributed by atoms with Crippen LogP contribution in [0.15, 0.2) is 12.2 Å². The Hall–Kier alpha value is -0.580. The van der Waals surface area contributed by atoms with Crippen molar-refractivity contribution in [2.24, 2.45) is 0 Å². The number of carbonyl (C=O) groups excluding carboxylic acids is 1. The van der Waals surface area contributed by atoms with Gasteiger partial charge in [-0.15, -0.1) is 0 Å². The fourth-order valence-electron chi connectivity index (χ4n) is 0.998. The van der Waals surface area contributed by atoms with E-state index in [0.717, 1.165) is 6.42 Å². The molecule has 0 fully saturated rings. The normalized spacial score (nSPS) is 12.6. The molecule has 5 heteroatoms. The molecule has 4 nitrogen and oxygen atoms in total. The Bertz CT molecular complexity index is 224. The van der Waals surface area contributed by atoms with Gasteiger partial charge in [-0.1, -0.05) is 19.0 Å². The molecule has 0 aromatic rings. The van der Waals surface area contributed by atoms with Gasteiger partial charge >= 0.3 is 5.97 Å². The third kappa shape index (κ3) is 6.49. The Balaban J connectivity index is 0. The van der Waals surface area contributed by atoms with Crippen molar-refractivity contribution in [1.29, 1.82) is 0 Å². The van der Waals surface area contributed by atoms with Gasteiger partial charge in [-0.25, -0.2) is 4.79 Å². The number of nitrogens with one attached hydrogen (secondary N) is 1. The van der Waals surface area contributed by atoms with Crippen molar-refractivity contribution in [2.45, 2.75) is 26.4 Å². The van der Waals surface area contributed by atoms with E-state index in [1.165, 1.54) is 0 Å². The van der Waals surface area contributed by atoms with Crippen LogP contribution in [0.1, 0.15) is 20.3 Å². The first kappa shape index (κ1) is 16.8. The summed E-state index contributed by atoms with van der Waals surface area (Å²) >= 11 is 0. The highest BCUT2D eigenvalue weighted by Gasteiger charge is 2.22. The minimum Gasteiger partial charge on any atom is -1.00 e. The molecule has 0 aromatic heterocycles. The smallest absolute Gasteiger partial charge is 0.351 e. The summed E-state index contributed by atoms with van der Waals surface area (Å²) in [5, 5.41) is 0. The number of hydrogen-bond acceptors (Lipinski definition) is 3. The molecule has 1 N–H and O–H groups in total. The summed E-state index contributed by atoms with van der Waals surface area (Å²) in [5.74, 6) is -0.406. The zero-order valence-corrected chi connectivity index (χ0v) is 10.9. The molecule has 0 saturated heterocycles. The van der Waals surface area contributed by atoms with Crippen molar-refractivity contribution in [3.8, 4) is 0 Å². The molecule has 90 valence electrons. The molecule has 0 aliphatic rings. The van der Waals surface area contributed by atoms with E-state index < -0.39 is 5.97 Å². The summed E-state index contributed by atoms with van der Waals surface area (Å²) < 4.78 is 0.694. The quantitative estimate of drug-likeness (QED) is 0.261. The van der Waals surface area contributed by atoms with Crippen LogP contribution in [-0.4, -0.2) is 37.8 Å². The van der Waals surface area contributed by atoms with E-state index in [1.807, 2.05) is 28.1 Å². The molecule has 0 aliphatic carbocycles. The van der Waals surface area contributed by atoms with E-state index in [-0.39, 0.29) is 18.6 Å². The number of rotatable bonds is 5. The Labute approximate surface area is 98.2 Å². The molecule has 0 heterocycles. The second-order valence-corrected chi connectivity index (χ2v) is 4.33. The summed E-state index contributed by atoms with van der Waals surface area (Å²) in [6.07, 6.45) is 0.978. The van der Waals surface area contributed by atoms with Gasteiger partial charge in [0.2, 0.25) is 0 Å². The van der Waals surface area contributed by atoms with Crippen LogP contribution in [0.2, 0.25) is 0 Å². The molecular formula is C10H21ClN2O2. The molecule has 0 bridgehead atoms. The number of carbonyl (C=O) groups is 1. The Morgan fingerprint density at radius 1 is 1.47 bits per heavy atom. The lowest BCUT2D eigenvalue weighted by atomic mass is 10.3. The van der Waals surface area contributed by atoms with Gasteiger partial charge in [0.05, 0.1) is 21.1 Å². The van der Waals surface area contributed by atoms with Gasteiger partial charge in [-0.05, 0) is 6.92 Å². The standard InChI is InChI=1S/C10H21N2O2.ClH/c1-7-9(12(4,5)6)11-14-10(13)8(2)3;/h9,11H,2,7H2,1,3-6H3;1H/q+1;/p-1. The van der Waals surface area contributed by atoms with Crippen LogP contribution >= 0.6 is 0 Å². The molecular weight excluding hydrogens is 216 g/mol. The van der Waals surface area contributed by atoms with E-state index in [0.29, 0.717) is 10.1 Å². The number of hydroxylamine groups is 1. The van der Waals surface area contributed by atoms with Crippen molar-refractivity contribution in [3.63, 3.8) is 0 Å². The average Bonchev–Trinajstić information content (AvgIpc) is 2.02. The Morgan fingerprint density at radius 2 is 1.93 bits per heavy atom. The lowest BCUT2D eigenvalue weighted by Crippen LogP contribution is -3.00. The van der Waals surface area contributed by atoms with Crippen LogP contribution < -0.4 is 17.9 Å². The largest absolute Gasteiger partial charge is 1.00 e. The molecule has 0 radical (unpaired) electrons. The Kier molecular flexibility index (Phi) is 7.66. The minimum atomic E-state index is -0.406. The van der Waals surface area contributed by atoms with Crippen LogP contribution in [-0.2, 0) is 9.63 Å². The fraction of sp³-hybridized carbons (Fsp3) is 0.700. The SMILES string of the molecule is C=C(C)C(=O)ONC(CC)[N+](C)(C)C.[Cl-]. The number of halogens is 1. The minimum absolute atomic E-state index is 0. The topological polar surface area (TPSA) is 38.3 Å². The number of nitrogens with zero attached hydrogens (tertiary/aromatic N) is 1. The molecule has 0 spiro atoms. The molecule has 0 amide bonds. The number of quaternary nitrogens is 1. The monoisotopic (exact) mass is 236 g/mol. The van der Waals surface area contributed by atoms with Gasteiger partial charge in [0.1, 0.15) is 0 Å². The third-order valence-corrected chi connectivity index (χ3v) is 1.96. The molecule has 1 unspecified atom stereocenters. The average molecular weight is 237 g/mol. The lowest BCUT2D eigenvalue weighted by Gasteiger charge is -2.32. The molecule has 1 atom stereocenters. The van der Waals surface area contributed by atoms with E-state index in [1.54, 1.807) is 6.92 Å². The number of hydrogen-bond donors (Lipinski definition) is 1. The predicted octanol–water partition coefficient (Wildman–Crippen LogP) is -1.94. The molecule has 15 heavy (non-hydrogen) atoms. The summed E-state index contributed by atoms with van der Waals surface area (Å²) in [6, 6.07) is 0. The predicted molar refractivity (Wildman–Crippen MR) is 56.2 cm³/mol. The molecule has 0 aromatic carbocycles. The van der Waals surface area contributed by atoms with Crippen LogP contribution in [0, 0.1) is 0 Å². The Morgan fingerprint density at radius 3 is 2.20 bits per heavy atom. The third-order valence-electron chi connectivity index (χ3n) is 1.96. The summed E-state index contributed by atoms with van der Waals surface area (Å²) in [7, 11) is 6.11. The van der Waals surface area contributed by atoms with Crippen LogP contribution in [0.5, 0.6) is 0 Å². The molecule has 0 saturated carbocycles. The maximum Gasteiger partial charge on any atom is 0.351 e. The lowest BCUT2D eigenvalue weighted by molar-refractivity contribution is -0.902. The zero-order valence-electron chi connectivity index (χ0n) is 10.1. The highest BCUT2D eigenvalue weighted by Crippen LogP contribution is 2.04. The van der Waals surface area contributed by atoms with Crippen molar-refractivity contribution >= 4 is 5.97 Å². The second kappa shape index (κ2) is 6.82. The van der Waals surface area contributed by atoms with E-state index in [9.17, 15) is 4.79 Å². The second-order valence-electron chi connectivity index (χ2n) is 4.33. The summed E-state index contributed by atoms with van der Waals surface area (Å²) in [5.41, 5.74) is 3.15. The highest BCUT2D eigenvalue weighted by molar-refractivity contribution is 5.86. The summed E-state index contributed by atoms with van der Waals surface area (Å²) in [6.45, 7) is 7.16. The van der Waals surface area contributed by atoms with Crippen molar-refractivity contribution in [2.75, 3.05) is 21.1 Å². The van der Waals surface area contributed by atoms with Crippen LogP contribution in [0.4, 0.5) is 0 Å². The highest BCUT2D eigenvalue weighted by atomic mass is 35.5. The first-order valence-corrected chi connectivity index (χ1v) is 4.72. The van der Waals surface area contributed by atoms with E-state index >= 15 is 0 Å². The van der Waals surface area contributed by atoms with Crippen LogP contribution in [0.25, 0.3) is 0 Å². The first-order valence-electron chi connectivity index (χ1n) is 4.72. The van der Waals surface area contributed by atoms with Gasteiger partial charge in [-0.2, -0.15) is 0 Å².